The Labute approximate surface area is 220 Å². The Balaban J connectivity index is 0. The molecule has 0 aromatic heterocycles. The Morgan fingerprint density at radius 3 is 1.97 bits per heavy atom. The summed E-state index contributed by atoms with van der Waals surface area (Å²) in [6.07, 6.45) is 10.7. The average Bonchev–Trinajstić information content (AvgIpc) is 3.66. The summed E-state index contributed by atoms with van der Waals surface area (Å²) in [5, 5.41) is 3.48. The van der Waals surface area contributed by atoms with Gasteiger partial charge in [-0.25, -0.2) is 0 Å². The van der Waals surface area contributed by atoms with E-state index in [2.05, 4.69) is 96.2 Å². The predicted molar refractivity (Wildman–Crippen MR) is 163 cm³/mol. The molecule has 1 N–H and O–H groups in total. The molecule has 1 unspecified atom stereocenters. The number of nitrogens with one attached hydrogen (secondary N) is 1. The van der Waals surface area contributed by atoms with Crippen molar-refractivity contribution in [3.63, 3.8) is 0 Å². The SMILES string of the molecule is C=CC(=N/C=C(\CC)CCC)C(C)NC(=C)Cc1ccc(C2CC2)cc1.CC.CC.CC(C)(C)C. The number of aliphatic imine (C=N–C) groups is 1. The van der Waals surface area contributed by atoms with Gasteiger partial charge >= 0.3 is 0 Å². The van der Waals surface area contributed by atoms with Gasteiger partial charge in [0.1, 0.15) is 0 Å². The second-order valence-electron chi connectivity index (χ2n) is 10.3. The van der Waals surface area contributed by atoms with Crippen LogP contribution in [0.4, 0.5) is 0 Å². The van der Waals surface area contributed by atoms with Crippen LogP contribution < -0.4 is 5.32 Å². The molecular formula is C33H58N2. The number of hydrogen-bond donors (Lipinski definition) is 1. The zero-order valence-electron chi connectivity index (χ0n) is 25.2. The van der Waals surface area contributed by atoms with Crippen molar-refractivity contribution < 1.29 is 0 Å². The lowest BCUT2D eigenvalue weighted by Crippen LogP contribution is -2.32. The lowest BCUT2D eigenvalue weighted by molar-refractivity contribution is 0.469. The molecule has 1 atom stereocenters. The van der Waals surface area contributed by atoms with Crippen molar-refractivity contribution in [1.29, 1.82) is 0 Å². The minimum absolute atomic E-state index is 0.0988. The summed E-state index contributed by atoms with van der Waals surface area (Å²) in [7, 11) is 0. The van der Waals surface area contributed by atoms with Gasteiger partial charge in [-0.15, -0.1) is 0 Å². The molecule has 2 heteroatoms. The van der Waals surface area contributed by atoms with E-state index < -0.39 is 0 Å². The lowest BCUT2D eigenvalue weighted by atomic mass is 10.0. The maximum Gasteiger partial charge on any atom is 0.0653 e. The molecule has 1 aromatic rings. The third kappa shape index (κ3) is 18.9. The molecule has 1 aromatic carbocycles. The van der Waals surface area contributed by atoms with Crippen LogP contribution in [0.2, 0.25) is 0 Å². The van der Waals surface area contributed by atoms with E-state index >= 15 is 0 Å². The van der Waals surface area contributed by atoms with Crippen LogP contribution in [-0.2, 0) is 6.42 Å². The van der Waals surface area contributed by atoms with E-state index in [0.29, 0.717) is 5.41 Å². The Hall–Kier alpha value is -2.09. The fourth-order valence-corrected chi connectivity index (χ4v) is 3.16. The van der Waals surface area contributed by atoms with Gasteiger partial charge in [-0.1, -0.05) is 119 Å². The summed E-state index contributed by atoms with van der Waals surface area (Å²) < 4.78 is 0. The average molecular weight is 483 g/mol. The fraction of sp³-hybridized carbons (Fsp3) is 0.606. The Kier molecular flexibility index (Phi) is 20.2. The molecular weight excluding hydrogens is 424 g/mol. The number of rotatable bonds is 11. The van der Waals surface area contributed by atoms with Gasteiger partial charge in [-0.3, -0.25) is 4.99 Å². The monoisotopic (exact) mass is 482 g/mol. The molecule has 35 heavy (non-hydrogen) atoms. The third-order valence-electron chi connectivity index (χ3n) is 4.94. The van der Waals surface area contributed by atoms with Gasteiger partial charge in [0.25, 0.3) is 0 Å². The quantitative estimate of drug-likeness (QED) is 0.312. The highest BCUT2D eigenvalue weighted by atomic mass is 14.9. The number of nitrogens with zero attached hydrogens (tertiary/aromatic N) is 1. The number of benzene rings is 1. The molecule has 1 aliphatic rings. The standard InChI is InChI=1S/C24H34N2.C5H12.2C2H6/c1-6-9-20(7-2)17-25-24(8-3)19(5)26-18(4)16-21-10-12-22(13-11-21)23-14-15-23;1-5(2,3)4;2*1-2/h8,10-13,17,19,23,26H,3-4,6-7,9,14-16H2,1-2,5H3;1-4H3;2*1-2H3/b20-17+,25-24?;;;. The molecule has 2 rings (SSSR count). The summed E-state index contributed by atoms with van der Waals surface area (Å²) in [4.78, 5) is 4.66. The van der Waals surface area contributed by atoms with Crippen LogP contribution in [0.5, 0.6) is 0 Å². The van der Waals surface area contributed by atoms with E-state index in [1.54, 1.807) is 0 Å². The summed E-state index contributed by atoms with van der Waals surface area (Å²) >= 11 is 0. The van der Waals surface area contributed by atoms with Crippen molar-refractivity contribution in [2.45, 2.75) is 127 Å². The van der Waals surface area contributed by atoms with Crippen molar-refractivity contribution in [3.05, 3.63) is 72.1 Å². The van der Waals surface area contributed by atoms with Gasteiger partial charge in [0.05, 0.1) is 11.8 Å². The second-order valence-corrected chi connectivity index (χ2v) is 10.3. The first-order chi connectivity index (χ1) is 16.6. The second kappa shape index (κ2) is 20.1. The topological polar surface area (TPSA) is 24.4 Å². The molecule has 0 amide bonds. The number of allylic oxidation sites excluding steroid dienone is 2. The van der Waals surface area contributed by atoms with E-state index in [-0.39, 0.29) is 6.04 Å². The van der Waals surface area contributed by atoms with Crippen LogP contribution in [0.25, 0.3) is 0 Å². The lowest BCUT2D eigenvalue weighted by Gasteiger charge is -2.17. The van der Waals surface area contributed by atoms with Crippen molar-refractivity contribution >= 4 is 5.71 Å². The van der Waals surface area contributed by atoms with Crippen molar-refractivity contribution in [2.24, 2.45) is 10.4 Å². The summed E-state index contributed by atoms with van der Waals surface area (Å²) in [5.41, 5.74) is 6.63. The minimum Gasteiger partial charge on any atom is -0.380 e. The first-order valence-electron chi connectivity index (χ1n) is 14.0. The number of hydrogen-bond acceptors (Lipinski definition) is 2. The van der Waals surface area contributed by atoms with Crippen molar-refractivity contribution in [3.8, 4) is 0 Å². The first kappa shape index (κ1) is 35.1. The predicted octanol–water partition coefficient (Wildman–Crippen LogP) is 10.4. The molecule has 200 valence electrons. The van der Waals surface area contributed by atoms with E-state index in [9.17, 15) is 0 Å². The molecule has 0 aliphatic heterocycles. The molecule has 0 heterocycles. The van der Waals surface area contributed by atoms with Crippen LogP contribution in [0.3, 0.4) is 0 Å². The Morgan fingerprint density at radius 2 is 1.57 bits per heavy atom. The fourth-order valence-electron chi connectivity index (χ4n) is 3.16. The van der Waals surface area contributed by atoms with Crippen LogP contribution in [0.1, 0.15) is 125 Å². The molecule has 0 radical (unpaired) electrons. The zero-order valence-corrected chi connectivity index (χ0v) is 25.2. The minimum atomic E-state index is 0.0988. The van der Waals surface area contributed by atoms with Gasteiger partial charge in [0, 0.05) is 18.3 Å². The van der Waals surface area contributed by atoms with Gasteiger partial charge < -0.3 is 5.32 Å². The van der Waals surface area contributed by atoms with Crippen LogP contribution in [-0.4, -0.2) is 11.8 Å². The van der Waals surface area contributed by atoms with Gasteiger partial charge in [0.15, 0.2) is 0 Å². The molecule has 1 saturated carbocycles. The van der Waals surface area contributed by atoms with Gasteiger partial charge in [-0.05, 0) is 61.1 Å². The highest BCUT2D eigenvalue weighted by Gasteiger charge is 2.22. The zero-order chi connectivity index (χ0) is 27.4. The van der Waals surface area contributed by atoms with E-state index in [1.165, 1.54) is 29.5 Å². The van der Waals surface area contributed by atoms with E-state index in [0.717, 1.165) is 43.0 Å². The van der Waals surface area contributed by atoms with Crippen LogP contribution in [0, 0.1) is 5.41 Å². The van der Waals surface area contributed by atoms with Gasteiger partial charge in [-0.2, -0.15) is 0 Å². The Morgan fingerprint density at radius 1 is 1.06 bits per heavy atom. The highest BCUT2D eigenvalue weighted by Crippen LogP contribution is 2.39. The highest BCUT2D eigenvalue weighted by molar-refractivity contribution is 5.99. The molecule has 1 fully saturated rings. The summed E-state index contributed by atoms with van der Waals surface area (Å²) in [6, 6.07) is 9.10. The molecule has 2 nitrogen and oxygen atoms in total. The summed E-state index contributed by atoms with van der Waals surface area (Å²) in [5.74, 6) is 0.811. The largest absolute Gasteiger partial charge is 0.380 e. The van der Waals surface area contributed by atoms with Crippen molar-refractivity contribution in [2.75, 3.05) is 0 Å². The Bertz CT molecular complexity index is 734. The van der Waals surface area contributed by atoms with E-state index in [1.807, 2.05) is 40.0 Å². The van der Waals surface area contributed by atoms with Crippen LogP contribution >= 0.6 is 0 Å². The maximum atomic E-state index is 4.66. The van der Waals surface area contributed by atoms with Crippen LogP contribution in [0.15, 0.2) is 66.0 Å². The molecule has 1 aliphatic carbocycles. The molecule has 0 saturated heterocycles. The first-order valence-corrected chi connectivity index (χ1v) is 14.0. The van der Waals surface area contributed by atoms with Gasteiger partial charge in [0.2, 0.25) is 0 Å². The summed E-state index contributed by atoms with van der Waals surface area (Å²) in [6.45, 7) is 31.4. The smallest absolute Gasteiger partial charge is 0.0653 e. The van der Waals surface area contributed by atoms with Crippen molar-refractivity contribution in [1.82, 2.24) is 5.32 Å². The van der Waals surface area contributed by atoms with E-state index in [4.69, 9.17) is 0 Å². The third-order valence-corrected chi connectivity index (χ3v) is 4.94. The molecule has 0 bridgehead atoms. The maximum absolute atomic E-state index is 4.66. The molecule has 0 spiro atoms. The normalized spacial score (nSPS) is 14.1.